The van der Waals surface area contributed by atoms with E-state index < -0.39 is 34.6 Å². The molecule has 1 aliphatic rings. The Morgan fingerprint density at radius 1 is 1.11 bits per heavy atom. The van der Waals surface area contributed by atoms with Crippen molar-refractivity contribution >= 4 is 11.6 Å². The molecule has 2 unspecified atom stereocenters. The zero-order valence-corrected chi connectivity index (χ0v) is 19.8. The van der Waals surface area contributed by atoms with Gasteiger partial charge in [0.1, 0.15) is 41.2 Å². The maximum Gasteiger partial charge on any atom is 0.274 e. The van der Waals surface area contributed by atoms with Crippen LogP contribution in [0.5, 0.6) is 5.75 Å². The first-order chi connectivity index (χ1) is 17.4. The van der Waals surface area contributed by atoms with Crippen molar-refractivity contribution in [3.05, 3.63) is 71.4 Å². The summed E-state index contributed by atoms with van der Waals surface area (Å²) in [7, 11) is 1.46. The van der Waals surface area contributed by atoms with Crippen molar-refractivity contribution in [2.45, 2.75) is 37.6 Å². The van der Waals surface area contributed by atoms with Crippen molar-refractivity contribution < 1.29 is 27.4 Å². The first-order valence-corrected chi connectivity index (χ1v) is 11.7. The van der Waals surface area contributed by atoms with Crippen molar-refractivity contribution in [1.82, 2.24) is 9.97 Å². The lowest BCUT2D eigenvalue weighted by molar-refractivity contribution is 0.102. The Labute approximate surface area is 206 Å². The second-order valence-electron chi connectivity index (χ2n) is 8.67. The van der Waals surface area contributed by atoms with Gasteiger partial charge in [-0.1, -0.05) is 6.42 Å². The maximum absolute atomic E-state index is 14.8. The van der Waals surface area contributed by atoms with Crippen molar-refractivity contribution in [2.75, 3.05) is 25.6 Å². The van der Waals surface area contributed by atoms with Gasteiger partial charge in [-0.05, 0) is 48.9 Å². The summed E-state index contributed by atoms with van der Waals surface area (Å²) >= 11 is 0. The molecule has 0 bridgehead atoms. The molecule has 36 heavy (non-hydrogen) atoms. The third kappa shape index (κ3) is 5.83. The molecule has 2 aromatic heterocycles. The molecule has 2 atom stereocenters. The quantitative estimate of drug-likeness (QED) is 0.430. The first kappa shape index (κ1) is 25.6. The minimum absolute atomic E-state index is 0.0772. The average molecular weight is 501 g/mol. The molecule has 1 fully saturated rings. The Bertz CT molecular complexity index is 1220. The van der Waals surface area contributed by atoms with Gasteiger partial charge >= 0.3 is 0 Å². The van der Waals surface area contributed by atoms with Crippen LogP contribution in [0, 0.1) is 17.5 Å². The number of hydrogen-bond acceptors (Lipinski definition) is 6. The van der Waals surface area contributed by atoms with Gasteiger partial charge in [0.2, 0.25) is 0 Å². The molecule has 0 aliphatic heterocycles. The number of carbonyl (C=O) groups excluding carboxylic acids is 1. The minimum Gasteiger partial charge on any atom is -0.491 e. The largest absolute Gasteiger partial charge is 0.491 e. The molecule has 1 amide bonds. The van der Waals surface area contributed by atoms with Crippen LogP contribution in [-0.4, -0.2) is 42.2 Å². The van der Waals surface area contributed by atoms with Crippen LogP contribution in [0.2, 0.25) is 0 Å². The summed E-state index contributed by atoms with van der Waals surface area (Å²) < 4.78 is 54.2. The molecular formula is C26H27F3N4O3. The van der Waals surface area contributed by atoms with E-state index in [9.17, 15) is 18.0 Å². The predicted molar refractivity (Wildman–Crippen MR) is 128 cm³/mol. The summed E-state index contributed by atoms with van der Waals surface area (Å²) in [5.74, 6) is -3.70. The second kappa shape index (κ2) is 11.5. The number of carbonyl (C=O) groups is 1. The summed E-state index contributed by atoms with van der Waals surface area (Å²) in [4.78, 5) is 21.1. The SMILES string of the molecule is COCCOc1cc(F)c(-c2nc(C(=O)Nc3cnccc3C3CCCC(N)C3)ccc2F)c(F)c1. The molecule has 3 aromatic rings. The summed E-state index contributed by atoms with van der Waals surface area (Å²) in [6, 6.07) is 5.88. The van der Waals surface area contributed by atoms with Crippen molar-refractivity contribution in [3.63, 3.8) is 0 Å². The number of anilines is 1. The molecule has 10 heteroatoms. The highest BCUT2D eigenvalue weighted by atomic mass is 19.1. The third-order valence-electron chi connectivity index (χ3n) is 6.14. The van der Waals surface area contributed by atoms with Gasteiger partial charge in [-0.25, -0.2) is 18.2 Å². The second-order valence-corrected chi connectivity index (χ2v) is 8.67. The van der Waals surface area contributed by atoms with E-state index in [0.717, 1.165) is 55.5 Å². The van der Waals surface area contributed by atoms with Gasteiger partial charge < -0.3 is 20.5 Å². The molecule has 0 radical (unpaired) electrons. The summed E-state index contributed by atoms with van der Waals surface area (Å²) in [5.41, 5.74) is 6.00. The Kier molecular flexibility index (Phi) is 8.17. The number of halogens is 3. The molecule has 0 spiro atoms. The van der Waals surface area contributed by atoms with E-state index in [1.165, 1.54) is 13.3 Å². The van der Waals surface area contributed by atoms with Crippen molar-refractivity contribution in [3.8, 4) is 17.0 Å². The highest BCUT2D eigenvalue weighted by Crippen LogP contribution is 2.36. The van der Waals surface area contributed by atoms with Crippen LogP contribution in [0.25, 0.3) is 11.3 Å². The number of amides is 1. The van der Waals surface area contributed by atoms with E-state index in [2.05, 4.69) is 15.3 Å². The van der Waals surface area contributed by atoms with Crippen LogP contribution in [0.4, 0.5) is 18.9 Å². The number of aromatic nitrogens is 2. The van der Waals surface area contributed by atoms with E-state index >= 15 is 0 Å². The van der Waals surface area contributed by atoms with E-state index in [1.54, 1.807) is 6.20 Å². The van der Waals surface area contributed by atoms with Gasteiger partial charge in [-0.3, -0.25) is 9.78 Å². The summed E-state index contributed by atoms with van der Waals surface area (Å²) in [6.45, 7) is 0.310. The molecule has 190 valence electrons. The highest BCUT2D eigenvalue weighted by Gasteiger charge is 2.25. The topological polar surface area (TPSA) is 99.4 Å². The van der Waals surface area contributed by atoms with E-state index in [1.807, 2.05) is 6.07 Å². The zero-order chi connectivity index (χ0) is 25.7. The van der Waals surface area contributed by atoms with Crippen LogP contribution in [-0.2, 0) is 4.74 Å². The average Bonchev–Trinajstić information content (AvgIpc) is 2.85. The van der Waals surface area contributed by atoms with E-state index in [4.69, 9.17) is 15.2 Å². The molecule has 3 N–H and O–H groups in total. The Morgan fingerprint density at radius 3 is 2.61 bits per heavy atom. The fourth-order valence-electron chi connectivity index (χ4n) is 4.41. The van der Waals surface area contributed by atoms with Gasteiger partial charge in [0.15, 0.2) is 0 Å². The normalized spacial score (nSPS) is 17.6. The highest BCUT2D eigenvalue weighted by molar-refractivity contribution is 6.03. The molecule has 4 rings (SSSR count). The predicted octanol–water partition coefficient (Wildman–Crippen LogP) is 4.82. The number of hydrogen-bond donors (Lipinski definition) is 2. The van der Waals surface area contributed by atoms with Crippen LogP contribution in [0.3, 0.4) is 0 Å². The van der Waals surface area contributed by atoms with Gasteiger partial charge in [-0.15, -0.1) is 0 Å². The molecule has 1 aromatic carbocycles. The van der Waals surface area contributed by atoms with Crippen LogP contribution in [0.1, 0.15) is 47.7 Å². The molecule has 7 nitrogen and oxygen atoms in total. The van der Waals surface area contributed by atoms with Crippen LogP contribution in [0.15, 0.2) is 42.7 Å². The molecule has 0 saturated heterocycles. The summed E-state index contributed by atoms with van der Waals surface area (Å²) in [6.07, 6.45) is 6.84. The number of ether oxygens (including phenoxy) is 2. The first-order valence-electron chi connectivity index (χ1n) is 11.7. The smallest absolute Gasteiger partial charge is 0.274 e. The molecule has 2 heterocycles. The monoisotopic (exact) mass is 500 g/mol. The number of methoxy groups -OCH3 is 1. The van der Waals surface area contributed by atoms with Gasteiger partial charge in [0.05, 0.1) is 24.1 Å². The van der Waals surface area contributed by atoms with E-state index in [0.29, 0.717) is 5.69 Å². The van der Waals surface area contributed by atoms with Crippen molar-refractivity contribution in [1.29, 1.82) is 0 Å². The van der Waals surface area contributed by atoms with Crippen LogP contribution >= 0.6 is 0 Å². The summed E-state index contributed by atoms with van der Waals surface area (Å²) in [5, 5.41) is 2.76. The fourth-order valence-corrected chi connectivity index (χ4v) is 4.41. The van der Waals surface area contributed by atoms with Gasteiger partial charge in [-0.2, -0.15) is 0 Å². The molecule has 1 aliphatic carbocycles. The lowest BCUT2D eigenvalue weighted by atomic mass is 9.81. The Hall–Kier alpha value is -3.50. The lowest BCUT2D eigenvalue weighted by Crippen LogP contribution is -2.27. The molecule has 1 saturated carbocycles. The minimum atomic E-state index is -1.07. The lowest BCUT2D eigenvalue weighted by Gasteiger charge is -2.28. The Balaban J connectivity index is 1.59. The third-order valence-corrected chi connectivity index (χ3v) is 6.14. The van der Waals surface area contributed by atoms with Crippen LogP contribution < -0.4 is 15.8 Å². The van der Waals surface area contributed by atoms with Gasteiger partial charge in [0.25, 0.3) is 5.91 Å². The van der Waals surface area contributed by atoms with Gasteiger partial charge in [0, 0.05) is 31.5 Å². The number of nitrogens with zero attached hydrogens (tertiary/aromatic N) is 2. The Morgan fingerprint density at radius 2 is 1.89 bits per heavy atom. The number of nitrogens with one attached hydrogen (secondary N) is 1. The van der Waals surface area contributed by atoms with E-state index in [-0.39, 0.29) is 36.6 Å². The zero-order valence-electron chi connectivity index (χ0n) is 19.8. The number of rotatable bonds is 8. The fraction of sp³-hybridized carbons (Fsp3) is 0.346. The number of nitrogens with two attached hydrogens (primary N) is 1. The number of benzene rings is 1. The standard InChI is InChI=1S/C26H27F3N4O3/c1-35-9-10-36-17-12-20(28)24(21(29)13-17)25-19(27)5-6-22(32-25)26(34)33-23-14-31-8-7-18(23)15-3-2-4-16(30)11-15/h5-8,12-16H,2-4,9-11,30H2,1H3,(H,33,34). The molecular weight excluding hydrogens is 473 g/mol. The number of pyridine rings is 2. The maximum atomic E-state index is 14.8. The van der Waals surface area contributed by atoms with Crippen molar-refractivity contribution in [2.24, 2.45) is 5.73 Å².